The van der Waals surface area contributed by atoms with Crippen molar-refractivity contribution in [1.82, 2.24) is 5.32 Å². The van der Waals surface area contributed by atoms with Crippen molar-refractivity contribution in [3.8, 4) is 0 Å². The summed E-state index contributed by atoms with van der Waals surface area (Å²) >= 11 is 0. The highest BCUT2D eigenvalue weighted by molar-refractivity contribution is 7.55. The number of nitrogens with one attached hydrogen (secondary N) is 1. The van der Waals surface area contributed by atoms with Gasteiger partial charge in [-0.1, -0.05) is 19.3 Å². The lowest BCUT2D eigenvalue weighted by molar-refractivity contribution is 0.216. The summed E-state index contributed by atoms with van der Waals surface area (Å²) in [7, 11) is -2.91. The predicted molar refractivity (Wildman–Crippen MR) is 68.1 cm³/mol. The van der Waals surface area contributed by atoms with E-state index in [1.165, 1.54) is 32.1 Å². The van der Waals surface area contributed by atoms with Crippen molar-refractivity contribution in [3.63, 3.8) is 0 Å². The molecule has 0 spiro atoms. The summed E-state index contributed by atoms with van der Waals surface area (Å²) in [4.78, 5) is 0. The van der Waals surface area contributed by atoms with Crippen LogP contribution < -0.4 is 5.32 Å². The Balaban J connectivity index is 1.92. The average molecular weight is 261 g/mol. The lowest BCUT2D eigenvalue weighted by Gasteiger charge is -2.22. The molecular weight excluding hydrogens is 237 g/mol. The molecule has 2 rings (SSSR count). The first-order valence-corrected chi connectivity index (χ1v) is 8.47. The molecule has 1 saturated carbocycles. The van der Waals surface area contributed by atoms with E-state index >= 15 is 0 Å². The molecule has 0 aromatic heterocycles. The van der Waals surface area contributed by atoms with Crippen LogP contribution in [-0.2, 0) is 13.6 Å². The second kappa shape index (κ2) is 5.83. The van der Waals surface area contributed by atoms with Crippen LogP contribution >= 0.6 is 7.60 Å². The van der Waals surface area contributed by atoms with Crippen LogP contribution in [0.25, 0.3) is 0 Å². The number of hydrogen-bond donors (Lipinski definition) is 1. The molecule has 2 atom stereocenters. The van der Waals surface area contributed by atoms with Gasteiger partial charge in [-0.15, -0.1) is 0 Å². The number of hydrogen-bond acceptors (Lipinski definition) is 4. The molecule has 0 amide bonds. The van der Waals surface area contributed by atoms with Gasteiger partial charge in [0.05, 0.1) is 13.2 Å². The van der Waals surface area contributed by atoms with Crippen LogP contribution in [0.4, 0.5) is 0 Å². The molecule has 1 heterocycles. The Morgan fingerprint density at radius 3 is 2.24 bits per heavy atom. The largest absolute Gasteiger partial charge is 0.349 e. The molecule has 1 N–H and O–H groups in total. The van der Waals surface area contributed by atoms with Crippen LogP contribution in [0.2, 0.25) is 0 Å². The fraction of sp³-hybridized carbons (Fsp3) is 1.00. The molecule has 1 saturated heterocycles. The summed E-state index contributed by atoms with van der Waals surface area (Å²) in [5.41, 5.74) is 0. The maximum absolute atomic E-state index is 12.5. The van der Waals surface area contributed by atoms with Crippen LogP contribution in [0.5, 0.6) is 0 Å². The molecule has 0 radical (unpaired) electrons. The molecule has 5 heteroatoms. The fourth-order valence-corrected chi connectivity index (χ4v) is 4.98. The third kappa shape index (κ3) is 3.11. The van der Waals surface area contributed by atoms with E-state index < -0.39 is 7.60 Å². The highest BCUT2D eigenvalue weighted by Gasteiger charge is 2.55. The van der Waals surface area contributed by atoms with E-state index in [9.17, 15) is 4.57 Å². The monoisotopic (exact) mass is 261 g/mol. The molecule has 0 bridgehead atoms. The zero-order valence-corrected chi connectivity index (χ0v) is 11.7. The topological polar surface area (TPSA) is 57.5 Å². The van der Waals surface area contributed by atoms with E-state index in [2.05, 4.69) is 5.32 Å². The van der Waals surface area contributed by atoms with Gasteiger partial charge in [-0.3, -0.25) is 9.88 Å². The smallest absolute Gasteiger partial charge is 0.308 e. The third-order valence-electron chi connectivity index (χ3n) is 3.71. The standard InChI is InChI=1S/C12H24NO3P/c1-3-15-17(14,16-4-2)12-11(13-12)10-8-6-5-7-9-10/h10-13H,3-9H2,1-2H3/t11-,12-/m0/s1. The minimum absolute atomic E-state index is 0.0505. The second-order valence-electron chi connectivity index (χ2n) is 4.91. The summed E-state index contributed by atoms with van der Waals surface area (Å²) in [6.45, 7) is 4.63. The number of rotatable bonds is 6. The summed E-state index contributed by atoms with van der Waals surface area (Å²) in [5.74, 6) is 0.619. The van der Waals surface area contributed by atoms with Crippen molar-refractivity contribution < 1.29 is 13.6 Å². The Morgan fingerprint density at radius 1 is 1.12 bits per heavy atom. The summed E-state index contributed by atoms with van der Waals surface area (Å²) in [5, 5.41) is 3.34. The van der Waals surface area contributed by atoms with Crippen molar-refractivity contribution in [2.45, 2.75) is 57.8 Å². The first-order chi connectivity index (χ1) is 8.21. The van der Waals surface area contributed by atoms with Gasteiger partial charge in [0.15, 0.2) is 0 Å². The molecule has 1 aliphatic heterocycles. The quantitative estimate of drug-likeness (QED) is 0.589. The Hall–Kier alpha value is 0.110. The van der Waals surface area contributed by atoms with Crippen LogP contribution in [0.1, 0.15) is 46.0 Å². The minimum atomic E-state index is -2.91. The van der Waals surface area contributed by atoms with Crippen molar-refractivity contribution in [2.75, 3.05) is 13.2 Å². The zero-order chi connectivity index (χ0) is 12.3. The first kappa shape index (κ1) is 13.5. The molecule has 17 heavy (non-hydrogen) atoms. The van der Waals surface area contributed by atoms with Gasteiger partial charge in [-0.25, -0.2) is 0 Å². The van der Waals surface area contributed by atoms with Crippen LogP contribution in [0.3, 0.4) is 0 Å². The highest BCUT2D eigenvalue weighted by atomic mass is 31.2. The van der Waals surface area contributed by atoms with E-state index in [0.29, 0.717) is 25.2 Å². The van der Waals surface area contributed by atoms with E-state index in [-0.39, 0.29) is 5.78 Å². The van der Waals surface area contributed by atoms with E-state index in [1.807, 2.05) is 13.8 Å². The molecule has 1 aliphatic carbocycles. The predicted octanol–water partition coefficient (Wildman–Crippen LogP) is 3.13. The van der Waals surface area contributed by atoms with E-state index in [1.54, 1.807) is 0 Å². The Morgan fingerprint density at radius 2 is 1.71 bits per heavy atom. The van der Waals surface area contributed by atoms with Gasteiger partial charge < -0.3 is 9.05 Å². The minimum Gasteiger partial charge on any atom is -0.308 e. The third-order valence-corrected chi connectivity index (χ3v) is 6.10. The maximum atomic E-state index is 12.5. The Labute approximate surface area is 104 Å². The van der Waals surface area contributed by atoms with Crippen molar-refractivity contribution in [1.29, 1.82) is 0 Å². The van der Waals surface area contributed by atoms with Gasteiger partial charge >= 0.3 is 7.60 Å². The van der Waals surface area contributed by atoms with Gasteiger partial charge in [0, 0.05) is 6.04 Å². The zero-order valence-electron chi connectivity index (χ0n) is 10.9. The maximum Gasteiger partial charge on any atom is 0.349 e. The normalized spacial score (nSPS) is 30.5. The van der Waals surface area contributed by atoms with Crippen LogP contribution in [-0.4, -0.2) is 25.0 Å². The Kier molecular flexibility index (Phi) is 4.65. The fourth-order valence-electron chi connectivity index (χ4n) is 2.87. The van der Waals surface area contributed by atoms with E-state index in [4.69, 9.17) is 9.05 Å². The van der Waals surface area contributed by atoms with Gasteiger partial charge in [0.1, 0.15) is 5.78 Å². The van der Waals surface area contributed by atoms with Gasteiger partial charge in [0.2, 0.25) is 0 Å². The molecule has 0 aromatic rings. The summed E-state index contributed by atoms with van der Waals surface area (Å²) < 4.78 is 23.3. The second-order valence-corrected chi connectivity index (χ2v) is 7.06. The summed E-state index contributed by atoms with van der Waals surface area (Å²) in [6.07, 6.45) is 6.48. The molecule has 100 valence electrons. The van der Waals surface area contributed by atoms with Crippen molar-refractivity contribution >= 4 is 7.60 Å². The SMILES string of the molecule is CCOP(=O)(OCC)[C@@H]1N[C@H]1C1CCCCC1. The molecule has 2 aliphatic rings. The van der Waals surface area contributed by atoms with Gasteiger partial charge in [-0.2, -0.15) is 0 Å². The Bertz CT molecular complexity index is 281. The lowest BCUT2D eigenvalue weighted by atomic mass is 9.87. The molecule has 0 aromatic carbocycles. The lowest BCUT2D eigenvalue weighted by Crippen LogP contribution is -2.16. The molecule has 4 nitrogen and oxygen atoms in total. The molecule has 2 fully saturated rings. The van der Waals surface area contributed by atoms with Crippen LogP contribution in [0, 0.1) is 5.92 Å². The van der Waals surface area contributed by atoms with Crippen molar-refractivity contribution in [3.05, 3.63) is 0 Å². The summed E-state index contributed by atoms with van der Waals surface area (Å²) in [6, 6.07) is 0.360. The van der Waals surface area contributed by atoms with Crippen LogP contribution in [0.15, 0.2) is 0 Å². The average Bonchev–Trinajstić information content (AvgIpc) is 3.11. The molecule has 0 unspecified atom stereocenters. The molecular formula is C12H24NO3P. The van der Waals surface area contributed by atoms with E-state index in [0.717, 1.165) is 0 Å². The van der Waals surface area contributed by atoms with Gasteiger partial charge in [-0.05, 0) is 32.6 Å². The van der Waals surface area contributed by atoms with Gasteiger partial charge in [0.25, 0.3) is 0 Å². The van der Waals surface area contributed by atoms with Crippen molar-refractivity contribution in [2.24, 2.45) is 5.92 Å². The highest BCUT2D eigenvalue weighted by Crippen LogP contribution is 2.59. The first-order valence-electron chi connectivity index (χ1n) is 6.86.